The summed E-state index contributed by atoms with van der Waals surface area (Å²) in [6.45, 7) is 0. The summed E-state index contributed by atoms with van der Waals surface area (Å²) in [5, 5.41) is 0.710. The van der Waals surface area contributed by atoms with E-state index in [0.29, 0.717) is 5.16 Å². The molecule has 2 heterocycles. The lowest BCUT2D eigenvalue weighted by Crippen LogP contribution is -2.11. The summed E-state index contributed by atoms with van der Waals surface area (Å²) < 4.78 is 0. The molecule has 1 aliphatic rings. The maximum Gasteiger partial charge on any atom is 0.266 e. The molecule has 0 aromatic carbocycles. The lowest BCUT2D eigenvalue weighted by molar-refractivity contribution is 0.857. The number of hydrogen-bond acceptors (Lipinski definition) is 5. The van der Waals surface area contributed by atoms with Crippen LogP contribution in [0.2, 0.25) is 0 Å². The number of aromatic nitrogens is 2. The minimum absolute atomic E-state index is 0.000602. The second kappa shape index (κ2) is 3.35. The zero-order valence-corrected chi connectivity index (χ0v) is 8.74. The minimum atomic E-state index is -0.000602. The van der Waals surface area contributed by atoms with Gasteiger partial charge in [-0.1, -0.05) is 22.6 Å². The number of nitrogens with zero attached hydrogens (tertiary/aromatic N) is 1. The fraction of sp³-hybridized carbons (Fsp3) is 0.333. The normalized spacial score (nSPS) is 14.8. The van der Waals surface area contributed by atoms with Crippen LogP contribution in [0.1, 0.15) is 5.69 Å². The maximum atomic E-state index is 11.3. The molecule has 0 atom stereocenters. The van der Waals surface area contributed by atoms with Gasteiger partial charge in [0.15, 0.2) is 5.16 Å². The van der Waals surface area contributed by atoms with Crippen molar-refractivity contribution in [2.24, 2.45) is 0 Å². The van der Waals surface area contributed by atoms with E-state index in [0.717, 1.165) is 16.3 Å². The smallest absolute Gasteiger partial charge is 0.266 e. The van der Waals surface area contributed by atoms with Crippen LogP contribution in [-0.4, -0.2) is 16.2 Å². The Morgan fingerprint density at radius 3 is 3.25 bits per heavy atom. The van der Waals surface area contributed by atoms with Crippen LogP contribution in [0.4, 0.5) is 0 Å². The first-order chi connectivity index (χ1) is 5.81. The van der Waals surface area contributed by atoms with Crippen molar-refractivity contribution < 1.29 is 0 Å². The second-order valence-electron chi connectivity index (χ2n) is 2.20. The highest BCUT2D eigenvalue weighted by atomic mass is 33.1. The van der Waals surface area contributed by atoms with Crippen molar-refractivity contribution in [1.29, 1.82) is 0 Å². The number of aromatic amines is 1. The molecule has 2 rings (SSSR count). The lowest BCUT2D eigenvalue weighted by atomic mass is 10.4. The first-order valence-electron chi connectivity index (χ1n) is 3.28. The third-order valence-corrected chi connectivity index (χ3v) is 4.34. The van der Waals surface area contributed by atoms with Gasteiger partial charge in [-0.25, -0.2) is 4.98 Å². The highest BCUT2D eigenvalue weighted by Gasteiger charge is 2.18. The average molecular weight is 218 g/mol. The van der Waals surface area contributed by atoms with Crippen LogP contribution in [0, 0.1) is 0 Å². The number of hydrogen-bond donors (Lipinski definition) is 1. The number of rotatable bonds is 1. The molecule has 1 aliphatic heterocycles. The van der Waals surface area contributed by atoms with E-state index in [1.54, 1.807) is 10.8 Å². The van der Waals surface area contributed by atoms with E-state index < -0.39 is 0 Å². The zero-order valence-electron chi connectivity index (χ0n) is 6.29. The van der Waals surface area contributed by atoms with Crippen molar-refractivity contribution >= 4 is 33.3 Å². The summed E-state index contributed by atoms with van der Waals surface area (Å²) in [5.41, 5.74) is 0.928. The molecule has 0 unspecified atom stereocenters. The maximum absolute atomic E-state index is 11.3. The van der Waals surface area contributed by atoms with Gasteiger partial charge in [0.1, 0.15) is 4.90 Å². The monoisotopic (exact) mass is 218 g/mol. The van der Waals surface area contributed by atoms with E-state index in [1.165, 1.54) is 22.6 Å². The minimum Gasteiger partial charge on any atom is -0.300 e. The Balaban J connectivity index is 2.59. The summed E-state index contributed by atoms with van der Waals surface area (Å²) in [6.07, 6.45) is 1.90. The van der Waals surface area contributed by atoms with Gasteiger partial charge in [0.25, 0.3) is 5.56 Å². The summed E-state index contributed by atoms with van der Waals surface area (Å²) in [5.74, 6) is 0.845. The first kappa shape index (κ1) is 8.52. The number of H-pyrrole nitrogens is 1. The van der Waals surface area contributed by atoms with E-state index in [-0.39, 0.29) is 5.56 Å². The Morgan fingerprint density at radius 2 is 2.50 bits per heavy atom. The standard InChI is InChI=1S/C6H6N2OS3/c1-10-6-7-3-2-11-12-4(3)5(9)8-6/h2H2,1H3,(H,7,8,9). The summed E-state index contributed by atoms with van der Waals surface area (Å²) in [6, 6.07) is 0. The number of nitrogens with one attached hydrogen (secondary N) is 1. The van der Waals surface area contributed by atoms with E-state index in [9.17, 15) is 4.79 Å². The highest BCUT2D eigenvalue weighted by Crippen LogP contribution is 2.40. The Hall–Kier alpha value is -0.0700. The second-order valence-corrected chi connectivity index (χ2v) is 5.30. The molecular weight excluding hydrogens is 212 g/mol. The molecule has 0 bridgehead atoms. The third kappa shape index (κ3) is 1.38. The molecule has 0 fully saturated rings. The van der Waals surface area contributed by atoms with Crippen molar-refractivity contribution in [3.8, 4) is 0 Å². The topological polar surface area (TPSA) is 45.8 Å². The Bertz CT molecular complexity index is 362. The summed E-state index contributed by atoms with van der Waals surface area (Å²) in [7, 11) is 3.18. The van der Waals surface area contributed by atoms with Crippen LogP contribution in [0.15, 0.2) is 14.8 Å². The number of thioether (sulfide) groups is 1. The zero-order chi connectivity index (χ0) is 8.55. The molecule has 6 heteroatoms. The Morgan fingerprint density at radius 1 is 1.67 bits per heavy atom. The van der Waals surface area contributed by atoms with Gasteiger partial charge in [0.05, 0.1) is 5.69 Å². The SMILES string of the molecule is CSc1nc2c(c(=O)[nH]1)SSC2. The molecule has 12 heavy (non-hydrogen) atoms. The molecule has 0 amide bonds. The van der Waals surface area contributed by atoms with Crippen LogP contribution < -0.4 is 5.56 Å². The van der Waals surface area contributed by atoms with E-state index in [1.807, 2.05) is 6.26 Å². The van der Waals surface area contributed by atoms with Gasteiger partial charge in [-0.15, -0.1) is 0 Å². The fourth-order valence-corrected chi connectivity index (χ4v) is 3.62. The summed E-state index contributed by atoms with van der Waals surface area (Å²) in [4.78, 5) is 19.1. The van der Waals surface area contributed by atoms with Crippen LogP contribution in [0.25, 0.3) is 0 Å². The first-order valence-corrected chi connectivity index (χ1v) is 6.82. The van der Waals surface area contributed by atoms with E-state index >= 15 is 0 Å². The predicted octanol–water partition coefficient (Wildman–Crippen LogP) is 1.75. The molecule has 64 valence electrons. The quantitative estimate of drug-likeness (QED) is 0.442. The highest BCUT2D eigenvalue weighted by molar-refractivity contribution is 8.76. The van der Waals surface area contributed by atoms with Crippen LogP contribution in [0.5, 0.6) is 0 Å². The Kier molecular flexibility index (Phi) is 2.38. The van der Waals surface area contributed by atoms with Gasteiger partial charge in [-0.05, 0) is 17.0 Å². The molecule has 0 saturated carbocycles. The van der Waals surface area contributed by atoms with Gasteiger partial charge in [0, 0.05) is 5.75 Å². The van der Waals surface area contributed by atoms with E-state index in [4.69, 9.17) is 0 Å². The van der Waals surface area contributed by atoms with Crippen molar-refractivity contribution in [3.63, 3.8) is 0 Å². The molecule has 0 radical (unpaired) electrons. The van der Waals surface area contributed by atoms with Gasteiger partial charge >= 0.3 is 0 Å². The third-order valence-electron chi connectivity index (χ3n) is 1.46. The average Bonchev–Trinajstić information content (AvgIpc) is 2.52. The Labute approximate surface area is 81.5 Å². The predicted molar refractivity (Wildman–Crippen MR) is 53.8 cm³/mol. The largest absolute Gasteiger partial charge is 0.300 e. The molecule has 0 spiro atoms. The molecule has 1 aromatic heterocycles. The summed E-state index contributed by atoms with van der Waals surface area (Å²) >= 11 is 1.46. The van der Waals surface area contributed by atoms with Crippen LogP contribution >= 0.6 is 33.3 Å². The van der Waals surface area contributed by atoms with Gasteiger partial charge < -0.3 is 4.98 Å². The van der Waals surface area contributed by atoms with Crippen LogP contribution in [0.3, 0.4) is 0 Å². The molecule has 3 nitrogen and oxygen atoms in total. The van der Waals surface area contributed by atoms with Crippen molar-refractivity contribution in [1.82, 2.24) is 9.97 Å². The van der Waals surface area contributed by atoms with Gasteiger partial charge in [-0.3, -0.25) is 4.79 Å². The van der Waals surface area contributed by atoms with E-state index in [2.05, 4.69) is 9.97 Å². The van der Waals surface area contributed by atoms with Crippen molar-refractivity contribution in [2.45, 2.75) is 15.8 Å². The number of fused-ring (bicyclic) bond motifs is 1. The molecule has 1 N–H and O–H groups in total. The van der Waals surface area contributed by atoms with Crippen molar-refractivity contribution in [2.75, 3.05) is 6.26 Å². The molecule has 0 saturated heterocycles. The van der Waals surface area contributed by atoms with Crippen LogP contribution in [-0.2, 0) is 5.75 Å². The molecule has 1 aromatic rings. The lowest BCUT2D eigenvalue weighted by Gasteiger charge is -1.97. The van der Waals surface area contributed by atoms with Gasteiger partial charge in [-0.2, -0.15) is 0 Å². The fourth-order valence-electron chi connectivity index (χ4n) is 0.911. The van der Waals surface area contributed by atoms with Crippen molar-refractivity contribution in [3.05, 3.63) is 16.0 Å². The van der Waals surface area contributed by atoms with Gasteiger partial charge in [0.2, 0.25) is 0 Å². The molecular formula is C6H6N2OS3. The molecule has 0 aliphatic carbocycles.